The third-order valence-corrected chi connectivity index (χ3v) is 4.78. The second-order valence-electron chi connectivity index (χ2n) is 4.79. The molecule has 1 amide bonds. The van der Waals surface area contributed by atoms with Crippen molar-refractivity contribution in [2.24, 2.45) is 0 Å². The number of carbonyl (C=O) groups excluding carboxylic acids is 1. The molecule has 1 heterocycles. The topological polar surface area (TPSA) is 20.3 Å². The molecule has 0 N–H and O–H groups in total. The number of hydrogen-bond acceptors (Lipinski definition) is 2. The van der Waals surface area contributed by atoms with Crippen molar-refractivity contribution in [3.63, 3.8) is 0 Å². The van der Waals surface area contributed by atoms with Crippen molar-refractivity contribution in [1.82, 2.24) is 4.90 Å². The highest BCUT2D eigenvalue weighted by atomic mass is 79.9. The molecule has 0 aliphatic heterocycles. The molecule has 1 aromatic heterocycles. The molecule has 4 heteroatoms. The Morgan fingerprint density at radius 3 is 2.94 bits per heavy atom. The zero-order valence-corrected chi connectivity index (χ0v) is 13.0. The SMILES string of the molecule is CN(Cc1csc(Br)c1)C(=O)CC1=CCCCC1. The summed E-state index contributed by atoms with van der Waals surface area (Å²) in [5.41, 5.74) is 2.52. The normalized spacial score (nSPS) is 15.3. The van der Waals surface area contributed by atoms with E-state index in [0.717, 1.165) is 16.6 Å². The monoisotopic (exact) mass is 327 g/mol. The Labute approximate surface area is 121 Å². The zero-order valence-electron chi connectivity index (χ0n) is 10.6. The van der Waals surface area contributed by atoms with Gasteiger partial charge in [0.05, 0.1) is 3.79 Å². The summed E-state index contributed by atoms with van der Waals surface area (Å²) < 4.78 is 1.12. The third-order valence-electron chi connectivity index (χ3n) is 3.23. The summed E-state index contributed by atoms with van der Waals surface area (Å²) in [4.78, 5) is 13.9. The summed E-state index contributed by atoms with van der Waals surface area (Å²) in [5.74, 6) is 0.227. The first kappa shape index (κ1) is 13.8. The van der Waals surface area contributed by atoms with Gasteiger partial charge in [0, 0.05) is 20.0 Å². The molecule has 0 bridgehead atoms. The highest BCUT2D eigenvalue weighted by Crippen LogP contribution is 2.23. The van der Waals surface area contributed by atoms with Gasteiger partial charge in [-0.3, -0.25) is 4.79 Å². The first-order chi connectivity index (χ1) is 8.65. The van der Waals surface area contributed by atoms with Gasteiger partial charge < -0.3 is 4.90 Å². The average Bonchev–Trinajstić information content (AvgIpc) is 2.76. The molecule has 0 unspecified atom stereocenters. The molecule has 1 aliphatic carbocycles. The number of nitrogens with zero attached hydrogens (tertiary/aromatic N) is 1. The van der Waals surface area contributed by atoms with Gasteiger partial charge in [-0.2, -0.15) is 0 Å². The molecule has 98 valence electrons. The van der Waals surface area contributed by atoms with Crippen LogP contribution in [0.1, 0.15) is 37.7 Å². The van der Waals surface area contributed by atoms with Gasteiger partial charge in [-0.1, -0.05) is 11.6 Å². The Balaban J connectivity index is 1.86. The van der Waals surface area contributed by atoms with Crippen LogP contribution >= 0.6 is 27.3 Å². The van der Waals surface area contributed by atoms with Gasteiger partial charge in [-0.25, -0.2) is 0 Å². The van der Waals surface area contributed by atoms with Crippen LogP contribution in [-0.2, 0) is 11.3 Å². The lowest BCUT2D eigenvalue weighted by atomic mass is 9.97. The van der Waals surface area contributed by atoms with Gasteiger partial charge in [0.2, 0.25) is 5.91 Å². The predicted molar refractivity (Wildman–Crippen MR) is 79.7 cm³/mol. The second kappa shape index (κ2) is 6.53. The summed E-state index contributed by atoms with van der Waals surface area (Å²) in [6.07, 6.45) is 7.60. The fourth-order valence-electron chi connectivity index (χ4n) is 2.19. The van der Waals surface area contributed by atoms with Crippen LogP contribution in [0.3, 0.4) is 0 Å². The Bertz CT molecular complexity index is 452. The molecule has 2 nitrogen and oxygen atoms in total. The van der Waals surface area contributed by atoms with E-state index in [1.54, 1.807) is 11.3 Å². The van der Waals surface area contributed by atoms with E-state index < -0.39 is 0 Å². The Morgan fingerprint density at radius 1 is 1.50 bits per heavy atom. The van der Waals surface area contributed by atoms with E-state index in [1.807, 2.05) is 11.9 Å². The van der Waals surface area contributed by atoms with Crippen LogP contribution < -0.4 is 0 Å². The van der Waals surface area contributed by atoms with Crippen molar-refractivity contribution in [2.75, 3.05) is 7.05 Å². The van der Waals surface area contributed by atoms with Crippen molar-refractivity contribution in [3.8, 4) is 0 Å². The number of allylic oxidation sites excluding steroid dienone is 1. The highest BCUT2D eigenvalue weighted by molar-refractivity contribution is 9.11. The second-order valence-corrected chi connectivity index (χ2v) is 7.08. The highest BCUT2D eigenvalue weighted by Gasteiger charge is 2.13. The molecule has 2 rings (SSSR count). The van der Waals surface area contributed by atoms with Crippen LogP contribution in [0.4, 0.5) is 0 Å². The van der Waals surface area contributed by atoms with Crippen molar-refractivity contribution in [2.45, 2.75) is 38.6 Å². The first-order valence-electron chi connectivity index (χ1n) is 6.30. The molecule has 0 saturated carbocycles. The standard InChI is InChI=1S/C14H18BrNOS/c1-16(9-12-7-13(15)18-10-12)14(17)8-11-5-3-2-4-6-11/h5,7,10H,2-4,6,8-9H2,1H3. The molecular formula is C14H18BrNOS. The van der Waals surface area contributed by atoms with Crippen LogP contribution in [0.15, 0.2) is 26.9 Å². The average molecular weight is 328 g/mol. The lowest BCUT2D eigenvalue weighted by Gasteiger charge is -2.19. The maximum Gasteiger partial charge on any atom is 0.226 e. The molecule has 0 atom stereocenters. The fraction of sp³-hybridized carbons (Fsp3) is 0.500. The predicted octanol–water partition coefficient (Wildman–Crippen LogP) is 4.36. The zero-order chi connectivity index (χ0) is 13.0. The van der Waals surface area contributed by atoms with Gasteiger partial charge in [-0.15, -0.1) is 11.3 Å². The molecule has 0 spiro atoms. The summed E-state index contributed by atoms with van der Waals surface area (Å²) in [7, 11) is 1.89. The lowest BCUT2D eigenvalue weighted by molar-refractivity contribution is -0.129. The molecule has 0 aromatic carbocycles. The molecule has 0 fully saturated rings. The van der Waals surface area contributed by atoms with E-state index in [0.29, 0.717) is 13.0 Å². The Hall–Kier alpha value is -0.610. The van der Waals surface area contributed by atoms with Gasteiger partial charge in [0.25, 0.3) is 0 Å². The first-order valence-corrected chi connectivity index (χ1v) is 7.97. The fourth-order valence-corrected chi connectivity index (χ4v) is 3.39. The number of carbonyl (C=O) groups is 1. The summed E-state index contributed by atoms with van der Waals surface area (Å²) in [6, 6.07) is 2.08. The molecule has 1 aliphatic rings. The van der Waals surface area contributed by atoms with Crippen molar-refractivity contribution >= 4 is 33.2 Å². The number of hydrogen-bond donors (Lipinski definition) is 0. The molecule has 0 saturated heterocycles. The smallest absolute Gasteiger partial charge is 0.226 e. The van der Waals surface area contributed by atoms with Crippen molar-refractivity contribution in [1.29, 1.82) is 0 Å². The van der Waals surface area contributed by atoms with Crippen molar-refractivity contribution in [3.05, 3.63) is 32.4 Å². The summed E-state index contributed by atoms with van der Waals surface area (Å²) in [5, 5.41) is 2.09. The van der Waals surface area contributed by atoms with E-state index in [1.165, 1.54) is 24.0 Å². The van der Waals surface area contributed by atoms with E-state index in [2.05, 4.69) is 33.5 Å². The Kier molecular flexibility index (Phi) is 5.01. The third kappa shape index (κ3) is 3.95. The van der Waals surface area contributed by atoms with Crippen LogP contribution in [0.25, 0.3) is 0 Å². The maximum atomic E-state index is 12.1. The number of halogens is 1. The summed E-state index contributed by atoms with van der Waals surface area (Å²) >= 11 is 5.11. The quantitative estimate of drug-likeness (QED) is 0.752. The molecule has 18 heavy (non-hydrogen) atoms. The van der Waals surface area contributed by atoms with Crippen LogP contribution in [-0.4, -0.2) is 17.9 Å². The number of rotatable bonds is 4. The minimum absolute atomic E-state index is 0.227. The van der Waals surface area contributed by atoms with E-state index in [-0.39, 0.29) is 5.91 Å². The molecule has 1 aromatic rings. The van der Waals surface area contributed by atoms with Crippen LogP contribution in [0, 0.1) is 0 Å². The maximum absolute atomic E-state index is 12.1. The van der Waals surface area contributed by atoms with Crippen LogP contribution in [0.2, 0.25) is 0 Å². The van der Waals surface area contributed by atoms with E-state index >= 15 is 0 Å². The van der Waals surface area contributed by atoms with E-state index in [4.69, 9.17) is 0 Å². The van der Waals surface area contributed by atoms with Crippen LogP contribution in [0.5, 0.6) is 0 Å². The van der Waals surface area contributed by atoms with Gasteiger partial charge >= 0.3 is 0 Å². The van der Waals surface area contributed by atoms with Gasteiger partial charge in [0.1, 0.15) is 0 Å². The van der Waals surface area contributed by atoms with Crippen molar-refractivity contribution < 1.29 is 4.79 Å². The van der Waals surface area contributed by atoms with E-state index in [9.17, 15) is 4.79 Å². The molecule has 0 radical (unpaired) electrons. The Morgan fingerprint density at radius 2 is 2.33 bits per heavy atom. The lowest BCUT2D eigenvalue weighted by Crippen LogP contribution is -2.26. The summed E-state index contributed by atoms with van der Waals surface area (Å²) in [6.45, 7) is 0.703. The molecular weight excluding hydrogens is 310 g/mol. The number of amides is 1. The number of thiophene rings is 1. The largest absolute Gasteiger partial charge is 0.341 e. The van der Waals surface area contributed by atoms with Gasteiger partial charge in [-0.05, 0) is 58.6 Å². The van der Waals surface area contributed by atoms with Gasteiger partial charge in [0.15, 0.2) is 0 Å². The minimum atomic E-state index is 0.227. The minimum Gasteiger partial charge on any atom is -0.341 e.